The van der Waals surface area contributed by atoms with Gasteiger partial charge in [0.1, 0.15) is 12.4 Å². The Morgan fingerprint density at radius 3 is 2.32 bits per heavy atom. The SMILES string of the molecule is N[C@H](CN1CCCC1)[C@H](O)c1ccc(OCc2ccccc2)cc1.[Cl-].[H+]. The fourth-order valence-electron chi connectivity index (χ4n) is 3.11. The second-order valence-electron chi connectivity index (χ2n) is 6.46. The molecule has 0 radical (unpaired) electrons. The first-order valence-corrected chi connectivity index (χ1v) is 8.65. The van der Waals surface area contributed by atoms with E-state index in [1.54, 1.807) is 0 Å². The molecule has 0 aliphatic carbocycles. The summed E-state index contributed by atoms with van der Waals surface area (Å²) in [5.41, 5.74) is 8.15. The third-order valence-corrected chi connectivity index (χ3v) is 4.54. The summed E-state index contributed by atoms with van der Waals surface area (Å²) in [6, 6.07) is 17.4. The van der Waals surface area contributed by atoms with Crippen molar-refractivity contribution in [3.8, 4) is 5.75 Å². The molecule has 2 aromatic rings. The predicted molar refractivity (Wildman–Crippen MR) is 96.9 cm³/mol. The van der Waals surface area contributed by atoms with E-state index in [1.807, 2.05) is 54.6 Å². The van der Waals surface area contributed by atoms with Crippen LogP contribution in [0.2, 0.25) is 0 Å². The Labute approximate surface area is 157 Å². The number of hydrogen-bond donors (Lipinski definition) is 2. The third kappa shape index (κ3) is 5.72. The van der Waals surface area contributed by atoms with Crippen molar-refractivity contribution in [2.75, 3.05) is 19.6 Å². The van der Waals surface area contributed by atoms with E-state index in [-0.39, 0.29) is 19.9 Å². The highest BCUT2D eigenvalue weighted by Gasteiger charge is 2.21. The van der Waals surface area contributed by atoms with E-state index in [0.717, 1.165) is 36.5 Å². The number of aliphatic hydroxyl groups is 1. The van der Waals surface area contributed by atoms with Crippen LogP contribution in [0.4, 0.5) is 0 Å². The first-order valence-electron chi connectivity index (χ1n) is 8.65. The maximum atomic E-state index is 10.5. The van der Waals surface area contributed by atoms with E-state index < -0.39 is 6.10 Å². The Morgan fingerprint density at radius 2 is 1.68 bits per heavy atom. The van der Waals surface area contributed by atoms with E-state index >= 15 is 0 Å². The van der Waals surface area contributed by atoms with Gasteiger partial charge in [0.2, 0.25) is 0 Å². The molecule has 5 heteroatoms. The van der Waals surface area contributed by atoms with Gasteiger partial charge in [0.05, 0.1) is 6.10 Å². The topological polar surface area (TPSA) is 58.7 Å². The van der Waals surface area contributed by atoms with Crippen molar-refractivity contribution in [2.45, 2.75) is 31.6 Å². The highest BCUT2D eigenvalue weighted by atomic mass is 35.5. The quantitative estimate of drug-likeness (QED) is 0.718. The van der Waals surface area contributed by atoms with Crippen molar-refractivity contribution < 1.29 is 23.7 Å². The summed E-state index contributed by atoms with van der Waals surface area (Å²) in [7, 11) is 0. The average molecular weight is 363 g/mol. The number of ether oxygens (including phenoxy) is 1. The van der Waals surface area contributed by atoms with E-state index in [9.17, 15) is 5.11 Å². The lowest BCUT2D eigenvalue weighted by atomic mass is 10.0. The normalized spacial score (nSPS) is 16.9. The number of hydrogen-bond acceptors (Lipinski definition) is 4. The highest BCUT2D eigenvalue weighted by Crippen LogP contribution is 2.21. The van der Waals surface area contributed by atoms with Crippen LogP contribution in [0.5, 0.6) is 5.75 Å². The summed E-state index contributed by atoms with van der Waals surface area (Å²) in [4.78, 5) is 2.32. The van der Waals surface area contributed by atoms with E-state index in [1.165, 1.54) is 12.8 Å². The van der Waals surface area contributed by atoms with Gasteiger partial charge >= 0.3 is 1.43 Å². The van der Waals surface area contributed by atoms with Crippen molar-refractivity contribution in [2.24, 2.45) is 5.73 Å². The maximum Gasteiger partial charge on any atom is 1.00 e. The number of rotatable bonds is 7. The van der Waals surface area contributed by atoms with Gasteiger partial charge in [-0.15, -0.1) is 0 Å². The van der Waals surface area contributed by atoms with E-state index in [0.29, 0.717) is 6.61 Å². The summed E-state index contributed by atoms with van der Waals surface area (Å²) < 4.78 is 5.77. The van der Waals surface area contributed by atoms with Crippen LogP contribution < -0.4 is 22.9 Å². The van der Waals surface area contributed by atoms with Crippen molar-refractivity contribution in [3.63, 3.8) is 0 Å². The fourth-order valence-corrected chi connectivity index (χ4v) is 3.11. The lowest BCUT2D eigenvalue weighted by molar-refractivity contribution is -0.00000680. The Kier molecular flexibility index (Phi) is 7.72. The Morgan fingerprint density at radius 1 is 1.04 bits per heavy atom. The molecule has 0 amide bonds. The molecule has 1 heterocycles. The molecular formula is C20H27ClN2O2. The molecule has 1 aliphatic heterocycles. The predicted octanol–water partition coefficient (Wildman–Crippen LogP) is -0.161. The van der Waals surface area contributed by atoms with E-state index in [4.69, 9.17) is 10.5 Å². The van der Waals surface area contributed by atoms with E-state index in [2.05, 4.69) is 4.90 Å². The minimum absolute atomic E-state index is 0. The van der Waals surface area contributed by atoms with Gasteiger partial charge in [0, 0.05) is 12.6 Å². The zero-order valence-electron chi connectivity index (χ0n) is 15.4. The minimum Gasteiger partial charge on any atom is -1.00 e. The Bertz CT molecular complexity index is 621. The molecule has 0 aromatic heterocycles. The molecule has 2 atom stereocenters. The second kappa shape index (κ2) is 9.78. The number of halogens is 1. The maximum absolute atomic E-state index is 10.5. The average Bonchev–Trinajstić information content (AvgIpc) is 3.13. The molecular weight excluding hydrogens is 336 g/mol. The molecule has 1 saturated heterocycles. The van der Waals surface area contributed by atoms with Crippen molar-refractivity contribution in [3.05, 3.63) is 65.7 Å². The van der Waals surface area contributed by atoms with Crippen molar-refractivity contribution in [1.82, 2.24) is 4.90 Å². The van der Waals surface area contributed by atoms with Crippen molar-refractivity contribution in [1.29, 1.82) is 0 Å². The Balaban J connectivity index is 0.00000169. The van der Waals surface area contributed by atoms with Crippen LogP contribution in [0, 0.1) is 0 Å². The fraction of sp³-hybridized carbons (Fsp3) is 0.400. The van der Waals surface area contributed by atoms with Gasteiger partial charge in [-0.2, -0.15) is 0 Å². The first-order chi connectivity index (χ1) is 11.7. The molecule has 4 nitrogen and oxygen atoms in total. The van der Waals surface area contributed by atoms with Crippen LogP contribution in [0.3, 0.4) is 0 Å². The lowest BCUT2D eigenvalue weighted by Crippen LogP contribution is -3.00. The number of likely N-dealkylation sites (tertiary alicyclic amines) is 1. The van der Waals surface area contributed by atoms with Gasteiger partial charge in [0.25, 0.3) is 0 Å². The summed E-state index contributed by atoms with van der Waals surface area (Å²) >= 11 is 0. The third-order valence-electron chi connectivity index (χ3n) is 4.54. The van der Waals surface area contributed by atoms with Crippen LogP contribution in [-0.4, -0.2) is 35.7 Å². The molecule has 0 unspecified atom stereocenters. The molecule has 136 valence electrons. The summed E-state index contributed by atoms with van der Waals surface area (Å²) in [5.74, 6) is 0.794. The molecule has 2 aromatic carbocycles. The van der Waals surface area contributed by atoms with Gasteiger partial charge < -0.3 is 32.9 Å². The zero-order valence-corrected chi connectivity index (χ0v) is 15.1. The van der Waals surface area contributed by atoms with Crippen molar-refractivity contribution >= 4 is 0 Å². The number of benzene rings is 2. The van der Waals surface area contributed by atoms with Gasteiger partial charge in [0.15, 0.2) is 0 Å². The van der Waals surface area contributed by atoms with Crippen LogP contribution >= 0.6 is 0 Å². The standard InChI is InChI=1S/C20H26N2O2.ClH/c21-19(14-22-12-4-5-13-22)20(23)17-8-10-18(11-9-17)24-15-16-6-2-1-3-7-16;/h1-3,6-11,19-20,23H,4-5,12-15,21H2;1H/t19-,20-;/m1./s1. The molecule has 0 bridgehead atoms. The van der Waals surface area contributed by atoms with Crippen LogP contribution in [0.1, 0.15) is 31.5 Å². The van der Waals surface area contributed by atoms with Gasteiger partial charge in [-0.3, -0.25) is 0 Å². The zero-order chi connectivity index (χ0) is 16.8. The van der Waals surface area contributed by atoms with Crippen LogP contribution in [-0.2, 0) is 6.61 Å². The molecule has 1 fully saturated rings. The van der Waals surface area contributed by atoms with Gasteiger partial charge in [-0.25, -0.2) is 0 Å². The van der Waals surface area contributed by atoms with Gasteiger partial charge in [-0.1, -0.05) is 42.5 Å². The smallest absolute Gasteiger partial charge is 1.00 e. The first kappa shape index (κ1) is 19.7. The largest absolute Gasteiger partial charge is 1.00 e. The molecule has 1 aliphatic rings. The van der Waals surface area contributed by atoms with Gasteiger partial charge in [-0.05, 0) is 49.2 Å². The lowest BCUT2D eigenvalue weighted by Gasteiger charge is -2.24. The summed E-state index contributed by atoms with van der Waals surface area (Å²) in [6.45, 7) is 3.46. The Hall–Kier alpha value is -1.59. The molecule has 25 heavy (non-hydrogen) atoms. The molecule has 3 N–H and O–H groups in total. The number of nitrogens with two attached hydrogens (primary N) is 1. The molecule has 0 spiro atoms. The van der Waals surface area contributed by atoms with Crippen LogP contribution in [0.25, 0.3) is 0 Å². The molecule has 0 saturated carbocycles. The number of aliphatic hydroxyl groups excluding tert-OH is 1. The summed E-state index contributed by atoms with van der Waals surface area (Å²) in [5, 5.41) is 10.5. The van der Waals surface area contributed by atoms with Crippen LogP contribution in [0.15, 0.2) is 54.6 Å². The summed E-state index contributed by atoms with van der Waals surface area (Å²) in [6.07, 6.45) is 1.82. The monoisotopic (exact) mass is 362 g/mol. The second-order valence-corrected chi connectivity index (χ2v) is 6.46. The molecule has 3 rings (SSSR count). The number of nitrogens with zero attached hydrogens (tertiary/aromatic N) is 1. The minimum atomic E-state index is -0.645. The highest BCUT2D eigenvalue weighted by molar-refractivity contribution is 5.29.